The summed E-state index contributed by atoms with van der Waals surface area (Å²) in [6.07, 6.45) is 4.48. The van der Waals surface area contributed by atoms with Gasteiger partial charge >= 0.3 is 5.97 Å². The summed E-state index contributed by atoms with van der Waals surface area (Å²) in [6, 6.07) is 0. The average molecular weight is 193 g/mol. The number of carbonyl (C=O) groups is 1. The third-order valence-corrected chi connectivity index (χ3v) is 1.74. The van der Waals surface area contributed by atoms with Gasteiger partial charge in [0.2, 0.25) is 5.78 Å². The van der Waals surface area contributed by atoms with Crippen LogP contribution >= 0.6 is 0 Å². The van der Waals surface area contributed by atoms with Crippen molar-refractivity contribution in [3.63, 3.8) is 0 Å². The monoisotopic (exact) mass is 193 g/mol. The van der Waals surface area contributed by atoms with E-state index < -0.39 is 5.97 Å². The van der Waals surface area contributed by atoms with Crippen molar-refractivity contribution in [2.24, 2.45) is 0 Å². The molecule has 2 aromatic rings. The van der Waals surface area contributed by atoms with Crippen molar-refractivity contribution in [1.29, 1.82) is 0 Å². The third-order valence-electron chi connectivity index (χ3n) is 1.74. The molecule has 0 aliphatic rings. The van der Waals surface area contributed by atoms with E-state index in [1.807, 2.05) is 0 Å². The van der Waals surface area contributed by atoms with Crippen molar-refractivity contribution < 1.29 is 14.6 Å². The maximum atomic E-state index is 10.6. The van der Waals surface area contributed by atoms with Crippen LogP contribution in [-0.4, -0.2) is 32.6 Å². The minimum Gasteiger partial charge on any atom is -0.494 e. The van der Waals surface area contributed by atoms with Gasteiger partial charge in [-0.2, -0.15) is 0 Å². The molecular weight excluding hydrogens is 186 g/mol. The summed E-state index contributed by atoms with van der Waals surface area (Å²) in [5.74, 6) is -0.190. The average Bonchev–Trinajstić information content (AvgIpc) is 2.59. The number of fused-ring (bicyclic) bond motifs is 1. The largest absolute Gasteiger partial charge is 0.494 e. The Kier molecular flexibility index (Phi) is 1.81. The second-order valence-corrected chi connectivity index (χ2v) is 2.63. The van der Waals surface area contributed by atoms with Gasteiger partial charge in [-0.3, -0.25) is 4.40 Å². The summed E-state index contributed by atoms with van der Waals surface area (Å²) in [5, 5.41) is 8.68. The van der Waals surface area contributed by atoms with Gasteiger partial charge in [-0.05, 0) is 0 Å². The lowest BCUT2D eigenvalue weighted by Crippen LogP contribution is -1.94. The molecule has 6 heteroatoms. The Hall–Kier alpha value is -2.11. The fourth-order valence-electron chi connectivity index (χ4n) is 1.07. The molecule has 0 radical (unpaired) electrons. The Morgan fingerprint density at radius 3 is 3.00 bits per heavy atom. The fourth-order valence-corrected chi connectivity index (χ4v) is 1.07. The van der Waals surface area contributed by atoms with Crippen LogP contribution in [0.4, 0.5) is 0 Å². The summed E-state index contributed by atoms with van der Waals surface area (Å²) in [4.78, 5) is 18.3. The zero-order valence-corrected chi connectivity index (χ0v) is 7.34. The van der Waals surface area contributed by atoms with Gasteiger partial charge in [0.1, 0.15) is 0 Å². The van der Waals surface area contributed by atoms with Gasteiger partial charge in [-0.15, -0.1) is 0 Å². The lowest BCUT2D eigenvalue weighted by atomic mass is 10.5. The molecule has 0 bridgehead atoms. The fraction of sp³-hybridized carbons (Fsp3) is 0.125. The molecule has 2 rings (SSSR count). The number of nitrogens with zero attached hydrogens (tertiary/aromatic N) is 3. The molecule has 2 aromatic heterocycles. The van der Waals surface area contributed by atoms with Crippen LogP contribution in [0.5, 0.6) is 5.75 Å². The Balaban J connectivity index is 2.60. The number of ether oxygens (including phenoxy) is 1. The molecule has 0 atom stereocenters. The van der Waals surface area contributed by atoms with Crippen molar-refractivity contribution in [2.75, 3.05) is 7.11 Å². The van der Waals surface area contributed by atoms with E-state index >= 15 is 0 Å². The van der Waals surface area contributed by atoms with E-state index in [9.17, 15) is 4.79 Å². The minimum atomic E-state index is -1.07. The summed E-state index contributed by atoms with van der Waals surface area (Å²) >= 11 is 0. The topological polar surface area (TPSA) is 76.7 Å². The molecule has 1 N–H and O–H groups in total. The van der Waals surface area contributed by atoms with Gasteiger partial charge in [0.15, 0.2) is 11.4 Å². The molecule has 72 valence electrons. The molecule has 0 amide bonds. The molecule has 0 spiro atoms. The molecule has 0 unspecified atom stereocenters. The first kappa shape index (κ1) is 8.49. The van der Waals surface area contributed by atoms with Gasteiger partial charge in [-0.25, -0.2) is 14.8 Å². The van der Waals surface area contributed by atoms with Crippen LogP contribution in [0.3, 0.4) is 0 Å². The van der Waals surface area contributed by atoms with Crippen molar-refractivity contribution in [3.05, 3.63) is 24.3 Å². The van der Waals surface area contributed by atoms with E-state index in [4.69, 9.17) is 9.84 Å². The number of aromatic nitrogens is 3. The lowest BCUT2D eigenvalue weighted by Gasteiger charge is -1.97. The summed E-state index contributed by atoms with van der Waals surface area (Å²) in [6.45, 7) is 0. The summed E-state index contributed by atoms with van der Waals surface area (Å²) in [7, 11) is 1.51. The highest BCUT2D eigenvalue weighted by atomic mass is 16.5. The normalized spacial score (nSPS) is 10.4. The molecule has 0 saturated carbocycles. The summed E-state index contributed by atoms with van der Waals surface area (Å²) < 4.78 is 6.44. The Labute approximate surface area is 78.8 Å². The molecule has 2 heterocycles. The van der Waals surface area contributed by atoms with Crippen LogP contribution in [0.1, 0.15) is 10.5 Å². The highest BCUT2D eigenvalue weighted by Gasteiger charge is 2.09. The SMILES string of the molecule is COc1cnc2nc(C(=O)O)cn2c1. The van der Waals surface area contributed by atoms with Crippen LogP contribution < -0.4 is 4.74 Å². The number of hydrogen-bond donors (Lipinski definition) is 1. The zero-order valence-electron chi connectivity index (χ0n) is 7.34. The van der Waals surface area contributed by atoms with Crippen molar-refractivity contribution in [1.82, 2.24) is 14.4 Å². The zero-order chi connectivity index (χ0) is 10.1. The first-order valence-corrected chi connectivity index (χ1v) is 3.83. The molecule has 0 saturated heterocycles. The van der Waals surface area contributed by atoms with E-state index in [-0.39, 0.29) is 5.69 Å². The van der Waals surface area contributed by atoms with Gasteiger partial charge in [0.05, 0.1) is 19.5 Å². The molecule has 0 aromatic carbocycles. The van der Waals surface area contributed by atoms with E-state index in [0.29, 0.717) is 11.5 Å². The number of rotatable bonds is 2. The minimum absolute atomic E-state index is 0.0363. The predicted octanol–water partition coefficient (Wildman–Crippen LogP) is 0.436. The van der Waals surface area contributed by atoms with Crippen LogP contribution in [0.25, 0.3) is 5.78 Å². The van der Waals surface area contributed by atoms with E-state index in [0.717, 1.165) is 0 Å². The van der Waals surface area contributed by atoms with Crippen molar-refractivity contribution in [3.8, 4) is 5.75 Å². The molecular formula is C8H7N3O3. The van der Waals surface area contributed by atoms with Crippen molar-refractivity contribution >= 4 is 11.7 Å². The highest BCUT2D eigenvalue weighted by molar-refractivity contribution is 5.85. The van der Waals surface area contributed by atoms with E-state index in [1.54, 1.807) is 6.20 Å². The van der Waals surface area contributed by atoms with Crippen LogP contribution in [-0.2, 0) is 0 Å². The van der Waals surface area contributed by atoms with Gasteiger partial charge < -0.3 is 9.84 Å². The predicted molar refractivity (Wildman–Crippen MR) is 46.5 cm³/mol. The maximum Gasteiger partial charge on any atom is 0.356 e. The number of carboxylic acid groups (broad SMARTS) is 1. The quantitative estimate of drug-likeness (QED) is 0.748. The molecule has 0 aliphatic carbocycles. The lowest BCUT2D eigenvalue weighted by molar-refractivity contribution is 0.0691. The number of methoxy groups -OCH3 is 1. The third kappa shape index (κ3) is 1.26. The standard InChI is InChI=1S/C8H7N3O3/c1-14-5-2-9-8-10-6(7(12)13)4-11(8)3-5/h2-4H,1H3,(H,12,13). The Morgan fingerprint density at radius 2 is 2.36 bits per heavy atom. The van der Waals surface area contributed by atoms with Crippen LogP contribution in [0, 0.1) is 0 Å². The molecule has 0 fully saturated rings. The van der Waals surface area contributed by atoms with Gasteiger partial charge in [0, 0.05) is 6.20 Å². The molecule has 14 heavy (non-hydrogen) atoms. The number of hydrogen-bond acceptors (Lipinski definition) is 4. The number of imidazole rings is 1. The smallest absolute Gasteiger partial charge is 0.356 e. The van der Waals surface area contributed by atoms with Gasteiger partial charge in [-0.1, -0.05) is 0 Å². The van der Waals surface area contributed by atoms with Crippen LogP contribution in [0.15, 0.2) is 18.6 Å². The highest BCUT2D eigenvalue weighted by Crippen LogP contribution is 2.09. The molecule has 6 nitrogen and oxygen atoms in total. The first-order valence-electron chi connectivity index (χ1n) is 3.83. The Morgan fingerprint density at radius 1 is 1.57 bits per heavy atom. The number of aromatic carboxylic acids is 1. The van der Waals surface area contributed by atoms with Crippen molar-refractivity contribution in [2.45, 2.75) is 0 Å². The number of carboxylic acids is 1. The molecule has 0 aliphatic heterocycles. The first-order chi connectivity index (χ1) is 6.70. The van der Waals surface area contributed by atoms with E-state index in [2.05, 4.69) is 9.97 Å². The summed E-state index contributed by atoms with van der Waals surface area (Å²) in [5.41, 5.74) is -0.0363. The Bertz CT molecular complexity index is 492. The van der Waals surface area contributed by atoms with Gasteiger partial charge in [0.25, 0.3) is 0 Å². The second kappa shape index (κ2) is 2.99. The van der Waals surface area contributed by atoms with E-state index in [1.165, 1.54) is 23.9 Å². The maximum absolute atomic E-state index is 10.6. The van der Waals surface area contributed by atoms with Crippen LogP contribution in [0.2, 0.25) is 0 Å². The second-order valence-electron chi connectivity index (χ2n) is 2.63.